The van der Waals surface area contributed by atoms with Crippen LogP contribution in [0.4, 0.5) is 0 Å². The molecule has 0 amide bonds. The Kier molecular flexibility index (Phi) is 3.95. The van der Waals surface area contributed by atoms with Gasteiger partial charge in [-0.15, -0.1) is 0 Å². The molecular weight excluding hydrogens is 230 g/mol. The van der Waals surface area contributed by atoms with Gasteiger partial charge in [-0.05, 0) is 13.8 Å². The van der Waals surface area contributed by atoms with Gasteiger partial charge < -0.3 is 4.74 Å². The number of aryl methyl sites for hydroxylation is 1. The van der Waals surface area contributed by atoms with E-state index in [0.29, 0.717) is 5.69 Å². The number of methoxy groups -OCH3 is 1. The number of hydrogen-bond acceptors (Lipinski definition) is 5. The fourth-order valence-electron chi connectivity index (χ4n) is 1.27. The van der Waals surface area contributed by atoms with Gasteiger partial charge in [-0.2, -0.15) is 0 Å². The van der Waals surface area contributed by atoms with Crippen LogP contribution in [0.5, 0.6) is 0 Å². The summed E-state index contributed by atoms with van der Waals surface area (Å²) in [6, 6.07) is 0. The maximum atomic E-state index is 11.2. The summed E-state index contributed by atoms with van der Waals surface area (Å²) in [6.45, 7) is 3.27. The molecule has 2 atom stereocenters. The third-order valence-corrected chi connectivity index (χ3v) is 3.57. The molecule has 1 heterocycles. The van der Waals surface area contributed by atoms with Gasteiger partial charge >= 0.3 is 0 Å². The zero-order valence-corrected chi connectivity index (χ0v) is 10.2. The van der Waals surface area contributed by atoms with E-state index < -0.39 is 21.4 Å². The Labute approximate surface area is 94.9 Å². The van der Waals surface area contributed by atoms with Gasteiger partial charge in [0.2, 0.25) is 10.0 Å². The smallest absolute Gasteiger partial charge is 0.214 e. The highest BCUT2D eigenvalue weighted by atomic mass is 32.2. The molecule has 0 saturated carbocycles. The number of nitrogens with zero attached hydrogens (tertiary/aromatic N) is 2. The lowest BCUT2D eigenvalue weighted by atomic mass is 10.2. The minimum atomic E-state index is -3.67. The quantitative estimate of drug-likeness (QED) is 0.814. The van der Waals surface area contributed by atoms with Crippen LogP contribution in [-0.4, -0.2) is 30.7 Å². The fourth-order valence-corrected chi connectivity index (χ4v) is 1.87. The third-order valence-electron chi connectivity index (χ3n) is 2.29. The second-order valence-electron chi connectivity index (χ2n) is 3.53. The van der Waals surface area contributed by atoms with E-state index >= 15 is 0 Å². The standard InChI is InChI=1S/C9H15N3O3S/c1-6-4-12-8(5-11-6)9(15-3)7(2)16(10,13)14/h4-5,7,9H,1-3H3,(H2,10,13,14)/t7-,9+/m0/s1. The van der Waals surface area contributed by atoms with Crippen molar-refractivity contribution in [3.05, 3.63) is 23.8 Å². The third kappa shape index (κ3) is 2.97. The van der Waals surface area contributed by atoms with Gasteiger partial charge in [-0.1, -0.05) is 0 Å². The predicted octanol–water partition coefficient (Wildman–Crippen LogP) is 0.150. The average molecular weight is 245 g/mol. The molecule has 0 aromatic carbocycles. The summed E-state index contributed by atoms with van der Waals surface area (Å²) < 4.78 is 27.5. The molecule has 0 bridgehead atoms. The van der Waals surface area contributed by atoms with Gasteiger partial charge in [0.05, 0.1) is 17.6 Å². The van der Waals surface area contributed by atoms with Gasteiger partial charge in [0, 0.05) is 13.3 Å². The minimum absolute atomic E-state index is 0.453. The Balaban J connectivity index is 3.03. The minimum Gasteiger partial charge on any atom is -0.374 e. The first-order valence-corrected chi connectivity index (χ1v) is 6.30. The molecule has 1 rings (SSSR count). The molecule has 6 nitrogen and oxygen atoms in total. The SMILES string of the molecule is CO[C@@H](c1cnc(C)cn1)[C@H](C)S(N)(=O)=O. The van der Waals surface area contributed by atoms with E-state index in [1.165, 1.54) is 20.2 Å². The maximum Gasteiger partial charge on any atom is 0.214 e. The summed E-state index contributed by atoms with van der Waals surface area (Å²) in [4.78, 5) is 8.11. The van der Waals surface area contributed by atoms with Crippen molar-refractivity contribution in [2.75, 3.05) is 7.11 Å². The van der Waals surface area contributed by atoms with Gasteiger partial charge in [0.15, 0.2) is 0 Å². The molecule has 0 radical (unpaired) electrons. The second-order valence-corrected chi connectivity index (χ2v) is 5.45. The van der Waals surface area contributed by atoms with E-state index in [1.807, 2.05) is 0 Å². The molecule has 1 aromatic heterocycles. The van der Waals surface area contributed by atoms with Crippen molar-refractivity contribution in [2.24, 2.45) is 5.14 Å². The highest BCUT2D eigenvalue weighted by Gasteiger charge is 2.29. The lowest BCUT2D eigenvalue weighted by molar-refractivity contribution is 0.0984. The van der Waals surface area contributed by atoms with Crippen LogP contribution in [0, 0.1) is 6.92 Å². The molecule has 0 saturated heterocycles. The van der Waals surface area contributed by atoms with Crippen LogP contribution < -0.4 is 5.14 Å². The summed E-state index contributed by atoms with van der Waals surface area (Å²) in [5.74, 6) is 0. The number of hydrogen-bond donors (Lipinski definition) is 1. The van der Waals surface area contributed by atoms with Crippen molar-refractivity contribution < 1.29 is 13.2 Å². The molecular formula is C9H15N3O3S. The Morgan fingerprint density at radius 2 is 2.00 bits per heavy atom. The van der Waals surface area contributed by atoms with Crippen LogP contribution in [0.15, 0.2) is 12.4 Å². The average Bonchev–Trinajstić information content (AvgIpc) is 2.20. The molecule has 90 valence electrons. The van der Waals surface area contributed by atoms with E-state index in [1.54, 1.807) is 13.1 Å². The first-order valence-electron chi connectivity index (χ1n) is 4.69. The van der Waals surface area contributed by atoms with Crippen molar-refractivity contribution in [2.45, 2.75) is 25.2 Å². The topological polar surface area (TPSA) is 95.2 Å². The Morgan fingerprint density at radius 1 is 1.38 bits per heavy atom. The van der Waals surface area contributed by atoms with Gasteiger partial charge in [-0.25, -0.2) is 13.6 Å². The van der Waals surface area contributed by atoms with Crippen molar-refractivity contribution >= 4 is 10.0 Å². The zero-order chi connectivity index (χ0) is 12.3. The summed E-state index contributed by atoms with van der Waals surface area (Å²) in [6.07, 6.45) is 2.34. The van der Waals surface area contributed by atoms with Gasteiger partial charge in [-0.3, -0.25) is 9.97 Å². The lowest BCUT2D eigenvalue weighted by Gasteiger charge is -2.19. The van der Waals surface area contributed by atoms with Crippen molar-refractivity contribution in [1.82, 2.24) is 9.97 Å². The molecule has 0 spiro atoms. The summed E-state index contributed by atoms with van der Waals surface area (Å²) in [7, 11) is -2.25. The normalized spacial score (nSPS) is 15.8. The summed E-state index contributed by atoms with van der Waals surface area (Å²) >= 11 is 0. The van der Waals surface area contributed by atoms with Crippen molar-refractivity contribution in [1.29, 1.82) is 0 Å². The largest absolute Gasteiger partial charge is 0.374 e. The van der Waals surface area contributed by atoms with E-state index in [2.05, 4.69) is 9.97 Å². The molecule has 16 heavy (non-hydrogen) atoms. The fraction of sp³-hybridized carbons (Fsp3) is 0.556. The molecule has 0 aliphatic heterocycles. The van der Waals surface area contributed by atoms with Crippen LogP contribution in [0.25, 0.3) is 0 Å². The monoisotopic (exact) mass is 245 g/mol. The summed E-state index contributed by atoms with van der Waals surface area (Å²) in [5, 5.41) is 4.20. The van der Waals surface area contributed by atoms with Crippen molar-refractivity contribution in [3.8, 4) is 0 Å². The molecule has 0 unspecified atom stereocenters. The van der Waals surface area contributed by atoms with E-state index in [4.69, 9.17) is 9.88 Å². The van der Waals surface area contributed by atoms with Gasteiger partial charge in [0.1, 0.15) is 11.4 Å². The molecule has 7 heteroatoms. The number of rotatable bonds is 4. The maximum absolute atomic E-state index is 11.2. The molecule has 0 aliphatic rings. The molecule has 1 aromatic rings. The van der Waals surface area contributed by atoms with E-state index in [-0.39, 0.29) is 0 Å². The lowest BCUT2D eigenvalue weighted by Crippen LogP contribution is -2.32. The number of primary sulfonamides is 1. The van der Waals surface area contributed by atoms with Crippen LogP contribution in [0.1, 0.15) is 24.4 Å². The van der Waals surface area contributed by atoms with Crippen molar-refractivity contribution in [3.63, 3.8) is 0 Å². The number of nitrogens with two attached hydrogens (primary N) is 1. The molecule has 0 aliphatic carbocycles. The van der Waals surface area contributed by atoms with Gasteiger partial charge in [0.25, 0.3) is 0 Å². The van der Waals surface area contributed by atoms with Crippen LogP contribution in [0.2, 0.25) is 0 Å². The highest BCUT2D eigenvalue weighted by molar-refractivity contribution is 7.89. The summed E-state index contributed by atoms with van der Waals surface area (Å²) in [5.41, 5.74) is 1.21. The number of aromatic nitrogens is 2. The number of sulfonamides is 1. The molecule has 2 N–H and O–H groups in total. The second kappa shape index (κ2) is 4.86. The van der Waals surface area contributed by atoms with Crippen LogP contribution in [0.3, 0.4) is 0 Å². The van der Waals surface area contributed by atoms with Crippen LogP contribution in [-0.2, 0) is 14.8 Å². The Bertz CT molecular complexity index is 444. The zero-order valence-electron chi connectivity index (χ0n) is 9.41. The number of ether oxygens (including phenoxy) is 1. The Hall–Kier alpha value is -1.05. The van der Waals surface area contributed by atoms with E-state index in [0.717, 1.165) is 5.69 Å². The predicted molar refractivity (Wildman–Crippen MR) is 59.1 cm³/mol. The molecule has 0 fully saturated rings. The first-order chi connectivity index (χ1) is 7.36. The first kappa shape index (κ1) is 13.0. The van der Waals surface area contributed by atoms with E-state index in [9.17, 15) is 8.42 Å². The highest BCUT2D eigenvalue weighted by Crippen LogP contribution is 2.21. The Morgan fingerprint density at radius 3 is 2.38 bits per heavy atom. The van der Waals surface area contributed by atoms with Crippen LogP contribution >= 0.6 is 0 Å².